The number of anilines is 3. The molecule has 2 N–H and O–H groups in total. The Kier molecular flexibility index (Phi) is 7.07. The summed E-state index contributed by atoms with van der Waals surface area (Å²) in [5, 5.41) is 5.94. The normalized spacial score (nSPS) is 15.3. The summed E-state index contributed by atoms with van der Waals surface area (Å²) < 4.78 is 0. The van der Waals surface area contributed by atoms with Gasteiger partial charge in [0, 0.05) is 35.6 Å². The summed E-state index contributed by atoms with van der Waals surface area (Å²) in [5.74, 6) is -0.868. The Morgan fingerprint density at radius 3 is 2.12 bits per heavy atom. The SMILES string of the molecule is CCc1cccc(CC)c1NC(=O)c1ccc(NC(=O)C2CC(=O)N(c3ccccc3)C2)cc1. The van der Waals surface area contributed by atoms with Crippen molar-refractivity contribution >= 4 is 34.8 Å². The van der Waals surface area contributed by atoms with Gasteiger partial charge >= 0.3 is 0 Å². The van der Waals surface area contributed by atoms with Crippen LogP contribution in [0, 0.1) is 5.92 Å². The van der Waals surface area contributed by atoms with Gasteiger partial charge in [-0.2, -0.15) is 0 Å². The Morgan fingerprint density at radius 1 is 0.853 bits per heavy atom. The van der Waals surface area contributed by atoms with E-state index in [2.05, 4.69) is 24.5 Å². The van der Waals surface area contributed by atoms with Crippen LogP contribution in [0.25, 0.3) is 0 Å². The van der Waals surface area contributed by atoms with E-state index in [-0.39, 0.29) is 24.1 Å². The number of hydrogen-bond acceptors (Lipinski definition) is 3. The van der Waals surface area contributed by atoms with Gasteiger partial charge in [-0.1, -0.05) is 50.2 Å². The molecule has 3 aromatic carbocycles. The van der Waals surface area contributed by atoms with Crippen LogP contribution in [0.4, 0.5) is 17.1 Å². The first-order chi connectivity index (χ1) is 16.5. The fourth-order valence-electron chi connectivity index (χ4n) is 4.28. The van der Waals surface area contributed by atoms with Crippen molar-refractivity contribution < 1.29 is 14.4 Å². The van der Waals surface area contributed by atoms with Gasteiger partial charge in [0.15, 0.2) is 0 Å². The fraction of sp³-hybridized carbons (Fsp3) is 0.250. The maximum atomic E-state index is 12.9. The molecule has 1 saturated heterocycles. The van der Waals surface area contributed by atoms with Gasteiger partial charge in [0.05, 0.1) is 5.92 Å². The second-order valence-corrected chi connectivity index (χ2v) is 8.42. The molecule has 6 nitrogen and oxygen atoms in total. The lowest BCUT2D eigenvalue weighted by atomic mass is 10.0. The number of nitrogens with one attached hydrogen (secondary N) is 2. The molecule has 34 heavy (non-hydrogen) atoms. The zero-order valence-electron chi connectivity index (χ0n) is 19.5. The van der Waals surface area contributed by atoms with E-state index < -0.39 is 5.92 Å². The van der Waals surface area contributed by atoms with Gasteiger partial charge in [-0.3, -0.25) is 14.4 Å². The Morgan fingerprint density at radius 2 is 1.50 bits per heavy atom. The van der Waals surface area contributed by atoms with E-state index >= 15 is 0 Å². The number of nitrogens with zero attached hydrogens (tertiary/aromatic N) is 1. The van der Waals surface area contributed by atoms with Crippen LogP contribution < -0.4 is 15.5 Å². The number of para-hydroxylation sites is 2. The highest BCUT2D eigenvalue weighted by Crippen LogP contribution is 2.26. The van der Waals surface area contributed by atoms with E-state index in [4.69, 9.17) is 0 Å². The zero-order valence-corrected chi connectivity index (χ0v) is 19.5. The van der Waals surface area contributed by atoms with Crippen molar-refractivity contribution in [2.45, 2.75) is 33.1 Å². The van der Waals surface area contributed by atoms with Crippen LogP contribution in [0.1, 0.15) is 41.8 Å². The summed E-state index contributed by atoms with van der Waals surface area (Å²) in [6, 6.07) is 22.3. The molecule has 3 aromatic rings. The van der Waals surface area contributed by atoms with Gasteiger partial charge in [0.2, 0.25) is 11.8 Å². The molecule has 1 aliphatic heterocycles. The molecule has 174 valence electrons. The minimum atomic E-state index is -0.423. The lowest BCUT2D eigenvalue weighted by Gasteiger charge is -2.16. The van der Waals surface area contributed by atoms with E-state index in [0.29, 0.717) is 17.8 Å². The second-order valence-electron chi connectivity index (χ2n) is 8.42. The lowest BCUT2D eigenvalue weighted by molar-refractivity contribution is -0.122. The number of carbonyl (C=O) groups excluding carboxylic acids is 3. The third-order valence-electron chi connectivity index (χ3n) is 6.22. The third kappa shape index (κ3) is 5.01. The highest BCUT2D eigenvalue weighted by Gasteiger charge is 2.35. The molecule has 1 aliphatic rings. The lowest BCUT2D eigenvalue weighted by Crippen LogP contribution is -2.28. The maximum Gasteiger partial charge on any atom is 0.255 e. The molecule has 0 radical (unpaired) electrons. The van der Waals surface area contributed by atoms with Crippen LogP contribution in [0.2, 0.25) is 0 Å². The molecular weight excluding hydrogens is 426 g/mol. The van der Waals surface area contributed by atoms with Gasteiger partial charge in [-0.15, -0.1) is 0 Å². The predicted octanol–water partition coefficient (Wildman–Crippen LogP) is 5.06. The number of aryl methyl sites for hydroxylation is 2. The van der Waals surface area contributed by atoms with Crippen LogP contribution in [0.15, 0.2) is 72.8 Å². The molecule has 1 fully saturated rings. The molecule has 4 rings (SSSR count). The summed E-state index contributed by atoms with van der Waals surface area (Å²) >= 11 is 0. The molecule has 0 spiro atoms. The Bertz CT molecular complexity index is 1170. The molecule has 1 unspecified atom stereocenters. The van der Waals surface area contributed by atoms with Gasteiger partial charge in [0.25, 0.3) is 5.91 Å². The van der Waals surface area contributed by atoms with Crippen LogP contribution in [0.3, 0.4) is 0 Å². The van der Waals surface area contributed by atoms with Crippen LogP contribution in [-0.4, -0.2) is 24.3 Å². The Labute approximate surface area is 200 Å². The van der Waals surface area contributed by atoms with Gasteiger partial charge < -0.3 is 15.5 Å². The van der Waals surface area contributed by atoms with Crippen LogP contribution in [-0.2, 0) is 22.4 Å². The Balaban J connectivity index is 1.39. The first-order valence-corrected chi connectivity index (χ1v) is 11.7. The number of rotatable bonds is 7. The zero-order chi connectivity index (χ0) is 24.1. The topological polar surface area (TPSA) is 78.5 Å². The van der Waals surface area contributed by atoms with Crippen LogP contribution >= 0.6 is 0 Å². The molecule has 0 saturated carbocycles. The smallest absolute Gasteiger partial charge is 0.255 e. The summed E-state index contributed by atoms with van der Waals surface area (Å²) in [7, 11) is 0. The van der Waals surface area contributed by atoms with E-state index in [1.165, 1.54) is 0 Å². The van der Waals surface area contributed by atoms with Crippen molar-refractivity contribution in [2.24, 2.45) is 5.92 Å². The van der Waals surface area contributed by atoms with Crippen molar-refractivity contribution in [3.05, 3.63) is 89.5 Å². The molecular formula is C28H29N3O3. The van der Waals surface area contributed by atoms with E-state index in [9.17, 15) is 14.4 Å². The van der Waals surface area contributed by atoms with Crippen molar-refractivity contribution in [2.75, 3.05) is 22.1 Å². The van der Waals surface area contributed by atoms with Crippen LogP contribution in [0.5, 0.6) is 0 Å². The van der Waals surface area contributed by atoms with Gasteiger partial charge in [0.1, 0.15) is 0 Å². The average Bonchev–Trinajstić information content (AvgIpc) is 3.26. The van der Waals surface area contributed by atoms with Crippen molar-refractivity contribution in [3.63, 3.8) is 0 Å². The molecule has 1 atom stereocenters. The molecule has 6 heteroatoms. The predicted molar refractivity (Wildman–Crippen MR) is 135 cm³/mol. The first-order valence-electron chi connectivity index (χ1n) is 11.7. The molecule has 0 aromatic heterocycles. The second kappa shape index (κ2) is 10.3. The quantitative estimate of drug-likeness (QED) is 0.523. The highest BCUT2D eigenvalue weighted by molar-refractivity contribution is 6.06. The van der Waals surface area contributed by atoms with Gasteiger partial charge in [-0.05, 0) is 60.4 Å². The molecule has 3 amide bonds. The standard InChI is InChI=1S/C28H29N3O3/c1-3-19-9-8-10-20(4-2)26(19)30-27(33)21-13-15-23(16-14-21)29-28(34)22-17-25(32)31(18-22)24-11-6-5-7-12-24/h5-16,22H,3-4,17-18H2,1-2H3,(H,29,34)(H,30,33). The summed E-state index contributed by atoms with van der Waals surface area (Å²) in [6.07, 6.45) is 1.84. The summed E-state index contributed by atoms with van der Waals surface area (Å²) in [6.45, 7) is 4.49. The average molecular weight is 456 g/mol. The van der Waals surface area contributed by atoms with Crippen molar-refractivity contribution in [3.8, 4) is 0 Å². The van der Waals surface area contributed by atoms with E-state index in [1.54, 1.807) is 29.2 Å². The Hall–Kier alpha value is -3.93. The molecule has 0 bridgehead atoms. The maximum absolute atomic E-state index is 12.9. The summed E-state index contributed by atoms with van der Waals surface area (Å²) in [5.41, 5.74) is 4.99. The highest BCUT2D eigenvalue weighted by atomic mass is 16.2. The number of amides is 3. The van der Waals surface area contributed by atoms with E-state index in [1.807, 2.05) is 48.5 Å². The number of carbonyl (C=O) groups is 3. The monoisotopic (exact) mass is 455 g/mol. The molecule has 0 aliphatic carbocycles. The van der Waals surface area contributed by atoms with Crippen molar-refractivity contribution in [1.82, 2.24) is 0 Å². The van der Waals surface area contributed by atoms with Gasteiger partial charge in [-0.25, -0.2) is 0 Å². The first kappa shape index (κ1) is 23.2. The number of benzene rings is 3. The van der Waals surface area contributed by atoms with E-state index in [0.717, 1.165) is 35.3 Å². The third-order valence-corrected chi connectivity index (χ3v) is 6.22. The summed E-state index contributed by atoms with van der Waals surface area (Å²) in [4.78, 5) is 39.7. The largest absolute Gasteiger partial charge is 0.326 e. The minimum Gasteiger partial charge on any atom is -0.326 e. The van der Waals surface area contributed by atoms with Crippen molar-refractivity contribution in [1.29, 1.82) is 0 Å². The molecule has 1 heterocycles. The number of hydrogen-bond donors (Lipinski definition) is 2. The fourth-order valence-corrected chi connectivity index (χ4v) is 4.28. The minimum absolute atomic E-state index is 0.0582.